The molecule has 1 amide bonds. The van der Waals surface area contributed by atoms with E-state index in [4.69, 9.17) is 5.73 Å². The molecule has 1 atom stereocenters. The van der Waals surface area contributed by atoms with Crippen LogP contribution in [0.2, 0.25) is 0 Å². The number of carbonyl (C=O) groups excluding carboxylic acids is 1. The van der Waals surface area contributed by atoms with E-state index in [0.29, 0.717) is 25.3 Å². The van der Waals surface area contributed by atoms with E-state index in [9.17, 15) is 4.79 Å². The van der Waals surface area contributed by atoms with Crippen LogP contribution >= 0.6 is 52.1 Å². The highest BCUT2D eigenvalue weighted by Gasteiger charge is 2.13. The Hall–Kier alpha value is -0.400. The number of thiazole rings is 1. The Labute approximate surface area is 167 Å². The molecule has 2 rings (SSSR count). The van der Waals surface area contributed by atoms with Crippen molar-refractivity contribution in [3.05, 3.63) is 27.7 Å². The van der Waals surface area contributed by atoms with Crippen LogP contribution < -0.4 is 11.1 Å². The van der Waals surface area contributed by atoms with Crippen molar-refractivity contribution >= 4 is 68.2 Å². The third kappa shape index (κ3) is 7.23. The third-order valence-electron chi connectivity index (χ3n) is 3.37. The number of nitrogens with one attached hydrogen (secondary N) is 1. The van der Waals surface area contributed by atoms with Gasteiger partial charge in [-0.3, -0.25) is 4.79 Å². The van der Waals surface area contributed by atoms with Gasteiger partial charge in [0.2, 0.25) is 5.91 Å². The van der Waals surface area contributed by atoms with Crippen molar-refractivity contribution in [1.29, 1.82) is 0 Å². The van der Waals surface area contributed by atoms with Gasteiger partial charge in [0.15, 0.2) is 0 Å². The zero-order valence-electron chi connectivity index (χ0n) is 13.8. The van der Waals surface area contributed by atoms with Crippen molar-refractivity contribution in [2.45, 2.75) is 39.2 Å². The summed E-state index contributed by atoms with van der Waals surface area (Å²) in [5, 5.41) is 4.01. The molecule has 1 aromatic carbocycles. The number of rotatable bonds is 7. The lowest BCUT2D eigenvalue weighted by Crippen LogP contribution is -2.41. The summed E-state index contributed by atoms with van der Waals surface area (Å²) in [4.78, 5) is 16.6. The summed E-state index contributed by atoms with van der Waals surface area (Å²) in [7, 11) is 0. The van der Waals surface area contributed by atoms with E-state index in [2.05, 4.69) is 40.1 Å². The smallest absolute Gasteiger partial charge is 0.220 e. The first-order valence-electron chi connectivity index (χ1n) is 7.52. The molecule has 8 heteroatoms. The largest absolute Gasteiger partial charge is 0.352 e. The van der Waals surface area contributed by atoms with Crippen molar-refractivity contribution in [2.24, 2.45) is 11.7 Å². The quantitative estimate of drug-likeness (QED) is 0.651. The molecule has 1 heterocycles. The van der Waals surface area contributed by atoms with Crippen LogP contribution in [-0.4, -0.2) is 23.5 Å². The number of benzene rings is 1. The fourth-order valence-corrected chi connectivity index (χ4v) is 3.65. The average molecular weight is 457 g/mol. The normalized spacial score (nSPS) is 11.7. The molecule has 0 radical (unpaired) electrons. The van der Waals surface area contributed by atoms with Crippen LogP contribution in [0.5, 0.6) is 0 Å². The van der Waals surface area contributed by atoms with Crippen molar-refractivity contribution in [1.82, 2.24) is 10.3 Å². The number of hydrogen-bond donors (Lipinski definition) is 2. The molecule has 136 valence electrons. The molecule has 0 fully saturated rings. The predicted octanol–water partition coefficient (Wildman–Crippen LogP) is 4.32. The molecule has 1 unspecified atom stereocenters. The second kappa shape index (κ2) is 11.3. The molecule has 1 aromatic heterocycles. The molecular weight excluding hydrogens is 433 g/mol. The summed E-state index contributed by atoms with van der Waals surface area (Å²) < 4.78 is 2.17. The van der Waals surface area contributed by atoms with Gasteiger partial charge in [-0.1, -0.05) is 29.8 Å². The second-order valence-electron chi connectivity index (χ2n) is 5.85. The topological polar surface area (TPSA) is 68.0 Å². The summed E-state index contributed by atoms with van der Waals surface area (Å²) in [6, 6.07) is 6.13. The van der Waals surface area contributed by atoms with Gasteiger partial charge in [-0.05, 0) is 30.5 Å². The van der Waals surface area contributed by atoms with Gasteiger partial charge >= 0.3 is 0 Å². The number of nitrogens with two attached hydrogens (primary N) is 1. The van der Waals surface area contributed by atoms with Gasteiger partial charge in [0.1, 0.15) is 0 Å². The Morgan fingerprint density at radius 3 is 2.71 bits per heavy atom. The third-order valence-corrected chi connectivity index (χ3v) is 4.95. The molecule has 0 spiro atoms. The Balaban J connectivity index is 0.00000264. The number of amides is 1. The van der Waals surface area contributed by atoms with Crippen LogP contribution in [0.15, 0.2) is 22.7 Å². The van der Waals surface area contributed by atoms with Gasteiger partial charge in [-0.2, -0.15) is 0 Å². The van der Waals surface area contributed by atoms with Crippen LogP contribution in [0.4, 0.5) is 0 Å². The molecule has 24 heavy (non-hydrogen) atoms. The minimum Gasteiger partial charge on any atom is -0.352 e. The summed E-state index contributed by atoms with van der Waals surface area (Å²) in [6.07, 6.45) is 2.04. The van der Waals surface area contributed by atoms with E-state index in [0.717, 1.165) is 26.1 Å². The van der Waals surface area contributed by atoms with E-state index in [1.54, 1.807) is 11.3 Å². The number of halogens is 3. The fourth-order valence-electron chi connectivity index (χ4n) is 2.36. The minimum atomic E-state index is 0. The van der Waals surface area contributed by atoms with Crippen molar-refractivity contribution in [3.8, 4) is 0 Å². The van der Waals surface area contributed by atoms with Gasteiger partial charge in [0, 0.05) is 29.9 Å². The molecule has 4 nitrogen and oxygen atoms in total. The van der Waals surface area contributed by atoms with Crippen molar-refractivity contribution in [2.75, 3.05) is 6.54 Å². The summed E-state index contributed by atoms with van der Waals surface area (Å²) in [5.74, 6) is 0.577. The SMILES string of the molecule is CC(C)CC(CN)NC(=O)CCc1nc2cc(Br)ccc2s1.Cl.Cl. The Morgan fingerprint density at radius 2 is 2.08 bits per heavy atom. The highest BCUT2D eigenvalue weighted by Crippen LogP contribution is 2.25. The van der Waals surface area contributed by atoms with Gasteiger partial charge in [-0.15, -0.1) is 36.2 Å². The summed E-state index contributed by atoms with van der Waals surface area (Å²) >= 11 is 5.09. The summed E-state index contributed by atoms with van der Waals surface area (Å²) in [6.45, 7) is 4.75. The monoisotopic (exact) mass is 455 g/mol. The van der Waals surface area contributed by atoms with Crippen LogP contribution in [0.3, 0.4) is 0 Å². The molecule has 2 aromatic rings. The highest BCUT2D eigenvalue weighted by atomic mass is 79.9. The number of hydrogen-bond acceptors (Lipinski definition) is 4. The van der Waals surface area contributed by atoms with Crippen LogP contribution in [0.25, 0.3) is 10.2 Å². The number of aromatic nitrogens is 1. The number of carbonyl (C=O) groups is 1. The zero-order chi connectivity index (χ0) is 16.1. The van der Waals surface area contributed by atoms with Gasteiger partial charge < -0.3 is 11.1 Å². The number of aryl methyl sites for hydroxylation is 1. The van der Waals surface area contributed by atoms with Crippen LogP contribution in [-0.2, 0) is 11.2 Å². The molecule has 0 saturated carbocycles. The first-order valence-corrected chi connectivity index (χ1v) is 9.13. The first-order chi connectivity index (χ1) is 10.5. The predicted molar refractivity (Wildman–Crippen MR) is 111 cm³/mol. The lowest BCUT2D eigenvalue weighted by molar-refractivity contribution is -0.121. The molecule has 3 N–H and O–H groups in total. The van der Waals surface area contributed by atoms with Gasteiger partial charge in [0.25, 0.3) is 0 Å². The van der Waals surface area contributed by atoms with Crippen LogP contribution in [0, 0.1) is 5.92 Å². The second-order valence-corrected chi connectivity index (χ2v) is 7.88. The Kier molecular flexibility index (Phi) is 11.1. The van der Waals surface area contributed by atoms with E-state index in [-0.39, 0.29) is 36.8 Å². The van der Waals surface area contributed by atoms with Gasteiger partial charge in [0.05, 0.1) is 15.2 Å². The maximum Gasteiger partial charge on any atom is 0.220 e. The zero-order valence-corrected chi connectivity index (χ0v) is 17.8. The Morgan fingerprint density at radius 1 is 1.38 bits per heavy atom. The van der Waals surface area contributed by atoms with E-state index < -0.39 is 0 Å². The maximum atomic E-state index is 12.0. The average Bonchev–Trinajstić information content (AvgIpc) is 2.85. The molecule has 0 aliphatic carbocycles. The van der Waals surface area contributed by atoms with Crippen molar-refractivity contribution < 1.29 is 4.79 Å². The lowest BCUT2D eigenvalue weighted by atomic mass is 10.0. The molecule has 0 saturated heterocycles. The summed E-state index contributed by atoms with van der Waals surface area (Å²) in [5.41, 5.74) is 6.69. The lowest BCUT2D eigenvalue weighted by Gasteiger charge is -2.18. The van der Waals surface area contributed by atoms with E-state index in [1.165, 1.54) is 0 Å². The highest BCUT2D eigenvalue weighted by molar-refractivity contribution is 9.10. The van der Waals surface area contributed by atoms with Crippen LogP contribution in [0.1, 0.15) is 31.7 Å². The molecule has 0 aliphatic heterocycles. The minimum absolute atomic E-state index is 0. The molecule has 0 bridgehead atoms. The molecule has 0 aliphatic rings. The number of fused-ring (bicyclic) bond motifs is 1. The standard InChI is InChI=1S/C16H22BrN3OS.2ClH/c1-10(2)7-12(9-18)19-15(21)5-6-16-20-13-8-11(17)3-4-14(13)22-16;;/h3-4,8,10,12H,5-7,9,18H2,1-2H3,(H,19,21);2*1H. The van der Waals surface area contributed by atoms with E-state index >= 15 is 0 Å². The first kappa shape index (κ1) is 23.6. The van der Waals surface area contributed by atoms with E-state index in [1.807, 2.05) is 18.2 Å². The fraction of sp³-hybridized carbons (Fsp3) is 0.500. The maximum absolute atomic E-state index is 12.0. The van der Waals surface area contributed by atoms with Gasteiger partial charge in [-0.25, -0.2) is 4.98 Å². The van der Waals surface area contributed by atoms with Crippen molar-refractivity contribution in [3.63, 3.8) is 0 Å². The number of nitrogens with zero attached hydrogens (tertiary/aromatic N) is 1. The molecular formula is C16H24BrCl2N3OS. The Bertz CT molecular complexity index is 651.